The quantitative estimate of drug-likeness (QED) is 0.549. The Morgan fingerprint density at radius 2 is 2.33 bits per heavy atom. The van der Waals surface area contributed by atoms with Gasteiger partial charge < -0.3 is 9.64 Å². The second-order valence-electron chi connectivity index (χ2n) is 4.05. The molecule has 0 amide bonds. The summed E-state index contributed by atoms with van der Waals surface area (Å²) in [5.74, 6) is -0.361. The maximum atomic E-state index is 11.1. The molecule has 1 aromatic carbocycles. The molecule has 0 aliphatic heterocycles. The van der Waals surface area contributed by atoms with Crippen LogP contribution >= 0.6 is 0 Å². The molecule has 18 heavy (non-hydrogen) atoms. The summed E-state index contributed by atoms with van der Waals surface area (Å²) in [5.41, 5.74) is 0.952. The predicted molar refractivity (Wildman–Crippen MR) is 72.9 cm³/mol. The van der Waals surface area contributed by atoms with E-state index in [-0.39, 0.29) is 5.97 Å². The molecule has 0 fully saturated rings. The molecular formula is C15H21NO2. The number of benzene rings is 1. The molecule has 1 rings (SSSR count). The van der Waals surface area contributed by atoms with Crippen LogP contribution in [0.15, 0.2) is 42.6 Å². The number of ether oxygens (including phenoxy) is 1. The molecule has 0 aliphatic rings. The fourth-order valence-electron chi connectivity index (χ4n) is 1.55. The van der Waals surface area contributed by atoms with E-state index < -0.39 is 0 Å². The van der Waals surface area contributed by atoms with E-state index in [4.69, 9.17) is 1.37 Å². The molecule has 0 aliphatic carbocycles. The molecule has 1 aromatic rings. The summed E-state index contributed by atoms with van der Waals surface area (Å²) in [7, 11) is 1.36. The molecule has 0 atom stereocenters. The van der Waals surface area contributed by atoms with Crippen molar-refractivity contribution in [2.45, 2.75) is 26.3 Å². The van der Waals surface area contributed by atoms with Gasteiger partial charge in [0.1, 0.15) is 0 Å². The Bertz CT molecular complexity index is 432. The fourth-order valence-corrected chi connectivity index (χ4v) is 1.55. The van der Waals surface area contributed by atoms with Crippen molar-refractivity contribution < 1.29 is 10.9 Å². The van der Waals surface area contributed by atoms with Crippen LogP contribution in [0.2, 0.25) is 0 Å². The lowest BCUT2D eigenvalue weighted by Gasteiger charge is -2.20. The Hall–Kier alpha value is -1.77. The average molecular weight is 248 g/mol. The standard InChI is InChI=1S/C15H21NO2/c1-3-4-11-16(12-10-15(17)18-2)13-14-8-6-5-7-9-14/h5-10,12H,3-4,11,13H2,1-2H3/b12-10+/i8D. The summed E-state index contributed by atoms with van der Waals surface area (Å²) in [4.78, 5) is 13.2. The van der Waals surface area contributed by atoms with E-state index in [1.165, 1.54) is 13.2 Å². The zero-order chi connectivity index (χ0) is 14.1. The third-order valence-electron chi connectivity index (χ3n) is 2.57. The lowest BCUT2D eigenvalue weighted by Crippen LogP contribution is -2.18. The Morgan fingerprint density at radius 1 is 1.50 bits per heavy atom. The lowest BCUT2D eigenvalue weighted by atomic mass is 10.2. The zero-order valence-corrected chi connectivity index (χ0v) is 11.1. The Morgan fingerprint density at radius 3 is 3.00 bits per heavy atom. The fraction of sp³-hybridized carbons (Fsp3) is 0.400. The third-order valence-corrected chi connectivity index (χ3v) is 2.57. The van der Waals surface area contributed by atoms with Crippen LogP contribution in [0.1, 0.15) is 26.7 Å². The molecule has 0 bridgehead atoms. The minimum absolute atomic E-state index is 0.361. The largest absolute Gasteiger partial charge is 0.466 e. The molecule has 0 N–H and O–H groups in total. The SMILES string of the molecule is [2H]c1ccccc1CN(/C=C/C(=O)OC)CCCC. The van der Waals surface area contributed by atoms with Crippen LogP contribution in [0.4, 0.5) is 0 Å². The molecule has 0 saturated heterocycles. The highest BCUT2D eigenvalue weighted by molar-refractivity contribution is 5.81. The van der Waals surface area contributed by atoms with Crippen LogP contribution < -0.4 is 0 Å². The van der Waals surface area contributed by atoms with E-state index in [1.54, 1.807) is 12.3 Å². The van der Waals surface area contributed by atoms with E-state index in [0.29, 0.717) is 12.6 Å². The second kappa shape index (κ2) is 8.34. The Labute approximate surface area is 110 Å². The molecule has 0 radical (unpaired) electrons. The smallest absolute Gasteiger partial charge is 0.331 e. The molecule has 0 saturated carbocycles. The number of rotatable bonds is 7. The summed E-state index contributed by atoms with van der Waals surface area (Å²) >= 11 is 0. The van der Waals surface area contributed by atoms with Crippen LogP contribution in [-0.2, 0) is 16.1 Å². The molecular weight excluding hydrogens is 226 g/mol. The predicted octanol–water partition coefficient (Wildman–Crippen LogP) is 2.98. The number of unbranched alkanes of at least 4 members (excludes halogenated alkanes) is 1. The van der Waals surface area contributed by atoms with Crippen molar-refractivity contribution in [3.05, 3.63) is 48.1 Å². The van der Waals surface area contributed by atoms with Gasteiger partial charge in [-0.1, -0.05) is 43.7 Å². The number of hydrogen-bond acceptors (Lipinski definition) is 3. The van der Waals surface area contributed by atoms with Gasteiger partial charge in [-0.2, -0.15) is 0 Å². The highest BCUT2D eigenvalue weighted by Gasteiger charge is 2.01. The van der Waals surface area contributed by atoms with Crippen molar-refractivity contribution >= 4 is 5.97 Å². The van der Waals surface area contributed by atoms with Crippen LogP contribution in [-0.4, -0.2) is 24.5 Å². The van der Waals surface area contributed by atoms with E-state index >= 15 is 0 Å². The highest BCUT2D eigenvalue weighted by Crippen LogP contribution is 2.06. The molecule has 0 heterocycles. The van der Waals surface area contributed by atoms with E-state index in [1.807, 2.05) is 23.1 Å². The monoisotopic (exact) mass is 248 g/mol. The van der Waals surface area contributed by atoms with E-state index in [0.717, 1.165) is 24.9 Å². The average Bonchev–Trinajstić information content (AvgIpc) is 2.43. The summed E-state index contributed by atoms with van der Waals surface area (Å²) in [6.07, 6.45) is 5.30. The first-order valence-electron chi connectivity index (χ1n) is 6.72. The van der Waals surface area contributed by atoms with Crippen molar-refractivity contribution in [3.8, 4) is 0 Å². The first-order valence-corrected chi connectivity index (χ1v) is 6.22. The van der Waals surface area contributed by atoms with Gasteiger partial charge in [-0.25, -0.2) is 4.79 Å². The van der Waals surface area contributed by atoms with Gasteiger partial charge in [-0.15, -0.1) is 0 Å². The van der Waals surface area contributed by atoms with Gasteiger partial charge in [0.05, 0.1) is 8.48 Å². The molecule has 0 unspecified atom stereocenters. The topological polar surface area (TPSA) is 29.5 Å². The summed E-state index contributed by atoms with van der Waals surface area (Å²) in [5, 5.41) is 0. The van der Waals surface area contributed by atoms with E-state index in [9.17, 15) is 4.79 Å². The molecule has 3 nitrogen and oxygen atoms in total. The Kier molecular flexibility index (Phi) is 5.88. The van der Waals surface area contributed by atoms with Gasteiger partial charge >= 0.3 is 5.97 Å². The van der Waals surface area contributed by atoms with Gasteiger partial charge in [0.25, 0.3) is 0 Å². The number of esters is 1. The molecule has 0 aromatic heterocycles. The van der Waals surface area contributed by atoms with Crippen molar-refractivity contribution in [3.63, 3.8) is 0 Å². The van der Waals surface area contributed by atoms with Gasteiger partial charge in [0.15, 0.2) is 0 Å². The third kappa shape index (κ3) is 5.53. The molecule has 0 spiro atoms. The van der Waals surface area contributed by atoms with Crippen molar-refractivity contribution in [2.24, 2.45) is 0 Å². The van der Waals surface area contributed by atoms with Crippen molar-refractivity contribution in [2.75, 3.05) is 13.7 Å². The normalized spacial score (nSPS) is 11.3. The van der Waals surface area contributed by atoms with E-state index in [2.05, 4.69) is 11.7 Å². The van der Waals surface area contributed by atoms with Gasteiger partial charge in [0.2, 0.25) is 0 Å². The van der Waals surface area contributed by atoms with Crippen LogP contribution in [0.5, 0.6) is 0 Å². The maximum absolute atomic E-state index is 11.1. The summed E-state index contributed by atoms with van der Waals surface area (Å²) < 4.78 is 12.4. The molecule has 98 valence electrons. The Balaban J connectivity index is 2.71. The number of carbonyl (C=O) groups is 1. The number of hydrogen-bond donors (Lipinski definition) is 0. The van der Waals surface area contributed by atoms with Crippen LogP contribution in [0.25, 0.3) is 0 Å². The number of methoxy groups -OCH3 is 1. The minimum Gasteiger partial charge on any atom is -0.466 e. The first-order chi connectivity index (χ1) is 9.17. The van der Waals surface area contributed by atoms with Crippen LogP contribution in [0.3, 0.4) is 0 Å². The maximum Gasteiger partial charge on any atom is 0.331 e. The van der Waals surface area contributed by atoms with Gasteiger partial charge in [0, 0.05) is 25.4 Å². The first kappa shape index (κ1) is 12.7. The summed E-state index contributed by atoms with van der Waals surface area (Å²) in [6.45, 7) is 3.62. The minimum atomic E-state index is -0.361. The zero-order valence-electron chi connectivity index (χ0n) is 12.1. The second-order valence-corrected chi connectivity index (χ2v) is 4.05. The lowest BCUT2D eigenvalue weighted by molar-refractivity contribution is -0.134. The van der Waals surface area contributed by atoms with Crippen molar-refractivity contribution in [1.29, 1.82) is 0 Å². The van der Waals surface area contributed by atoms with Gasteiger partial charge in [-0.05, 0) is 12.0 Å². The van der Waals surface area contributed by atoms with Crippen molar-refractivity contribution in [1.82, 2.24) is 4.90 Å². The van der Waals surface area contributed by atoms with Gasteiger partial charge in [-0.3, -0.25) is 0 Å². The van der Waals surface area contributed by atoms with Crippen LogP contribution in [0, 0.1) is 0 Å². The highest BCUT2D eigenvalue weighted by atomic mass is 16.5. The summed E-state index contributed by atoms with van der Waals surface area (Å²) in [6, 6.07) is 8.02. The number of nitrogens with zero attached hydrogens (tertiary/aromatic N) is 1. The number of carbonyl (C=O) groups excluding carboxylic acids is 1. The molecule has 3 heteroatoms.